The molecule has 1 saturated carbocycles. The Kier molecular flexibility index (Phi) is 7.62. The lowest BCUT2D eigenvalue weighted by molar-refractivity contribution is -0.161. The zero-order chi connectivity index (χ0) is 31.3. The predicted octanol–water partition coefficient (Wildman–Crippen LogP) is 4.44. The first-order valence-electron chi connectivity index (χ1n) is 14.8. The number of hydrogen-bond acceptors (Lipinski definition) is 5. The van der Waals surface area contributed by atoms with Crippen LogP contribution in [0, 0.1) is 17.7 Å². The van der Waals surface area contributed by atoms with Gasteiger partial charge in [-0.2, -0.15) is 5.10 Å². The highest BCUT2D eigenvalue weighted by Crippen LogP contribution is 2.39. The second-order valence-electron chi connectivity index (χ2n) is 12.1. The van der Waals surface area contributed by atoms with Crippen molar-refractivity contribution in [2.45, 2.75) is 58.0 Å². The molecule has 0 bridgehead atoms. The molecular weight excluding hydrogens is 579 g/mol. The van der Waals surface area contributed by atoms with Crippen LogP contribution in [0.4, 0.5) is 18.0 Å². The van der Waals surface area contributed by atoms with Crippen LogP contribution in [0.15, 0.2) is 30.0 Å². The normalized spacial score (nSPS) is 22.3. The Morgan fingerprint density at radius 1 is 1.11 bits per heavy atom. The number of carbonyl (C=O) groups excluding carboxylic acids is 2. The van der Waals surface area contributed by atoms with E-state index in [9.17, 15) is 28.3 Å². The van der Waals surface area contributed by atoms with E-state index >= 15 is 4.39 Å². The molecule has 0 spiro atoms. The number of likely N-dealkylation sites (tertiary alicyclic amines) is 1. The maximum absolute atomic E-state index is 16.2. The highest BCUT2D eigenvalue weighted by atomic mass is 19.3. The molecule has 4 heterocycles. The quantitative estimate of drug-likeness (QED) is 0.361. The van der Waals surface area contributed by atoms with Gasteiger partial charge in [0.05, 0.1) is 37.7 Å². The van der Waals surface area contributed by atoms with Gasteiger partial charge >= 0.3 is 6.09 Å². The summed E-state index contributed by atoms with van der Waals surface area (Å²) < 4.78 is 44.8. The number of amides is 3. The lowest BCUT2D eigenvalue weighted by Crippen LogP contribution is -2.59. The summed E-state index contributed by atoms with van der Waals surface area (Å²) >= 11 is 0. The number of halogens is 3. The van der Waals surface area contributed by atoms with Crippen molar-refractivity contribution in [1.82, 2.24) is 34.9 Å². The number of nitrogens with zero attached hydrogens (tertiary/aromatic N) is 5. The van der Waals surface area contributed by atoms with Crippen molar-refractivity contribution in [3.05, 3.63) is 52.9 Å². The Morgan fingerprint density at radius 3 is 2.50 bits per heavy atom. The van der Waals surface area contributed by atoms with Gasteiger partial charge in [-0.3, -0.25) is 19.2 Å². The summed E-state index contributed by atoms with van der Waals surface area (Å²) in [6, 6.07) is 4.13. The highest BCUT2D eigenvalue weighted by Gasteiger charge is 2.48. The molecule has 1 aromatic carbocycles. The van der Waals surface area contributed by atoms with E-state index < -0.39 is 42.9 Å². The van der Waals surface area contributed by atoms with Crippen molar-refractivity contribution in [2.24, 2.45) is 11.8 Å². The molecule has 1 saturated heterocycles. The van der Waals surface area contributed by atoms with Crippen LogP contribution in [0.2, 0.25) is 0 Å². The minimum atomic E-state index is -3.00. The number of fused-ring (bicyclic) bond motifs is 1. The number of aromatic amines is 1. The minimum absolute atomic E-state index is 0.0196. The van der Waals surface area contributed by atoms with E-state index in [1.165, 1.54) is 6.07 Å². The maximum atomic E-state index is 16.2. The van der Waals surface area contributed by atoms with Crippen molar-refractivity contribution in [1.29, 1.82) is 0 Å². The highest BCUT2D eigenvalue weighted by molar-refractivity contribution is 6.05. The van der Waals surface area contributed by atoms with Gasteiger partial charge in [0.1, 0.15) is 17.0 Å². The zero-order valence-electron chi connectivity index (χ0n) is 24.4. The number of rotatable bonds is 7. The van der Waals surface area contributed by atoms with Crippen LogP contribution in [0.25, 0.3) is 16.6 Å². The first kappa shape index (κ1) is 29.7. The molecule has 11 nitrogen and oxygen atoms in total. The van der Waals surface area contributed by atoms with Crippen LogP contribution in [-0.2, 0) is 11.3 Å². The lowest BCUT2D eigenvalue weighted by Gasteiger charge is -2.39. The molecule has 0 radical (unpaired) electrons. The summed E-state index contributed by atoms with van der Waals surface area (Å²) in [6.07, 6.45) is 3.91. The smallest absolute Gasteiger partial charge is 0.407 e. The minimum Gasteiger partial charge on any atom is -0.465 e. The number of aryl methyl sites for hydroxylation is 1. The molecule has 6 rings (SSSR count). The van der Waals surface area contributed by atoms with Crippen molar-refractivity contribution >= 4 is 34.5 Å². The fraction of sp³-hybridized carbons (Fsp3) is 0.500. The second-order valence-corrected chi connectivity index (χ2v) is 12.1. The number of H-pyrrole nitrogens is 1. The van der Waals surface area contributed by atoms with E-state index in [0.29, 0.717) is 29.5 Å². The van der Waals surface area contributed by atoms with E-state index in [1.54, 1.807) is 23.0 Å². The molecule has 3 aromatic rings. The number of benzene rings is 1. The zero-order valence-corrected chi connectivity index (χ0v) is 24.4. The van der Waals surface area contributed by atoms with E-state index in [4.69, 9.17) is 0 Å². The first-order valence-corrected chi connectivity index (χ1v) is 14.8. The maximum Gasteiger partial charge on any atom is 0.407 e. The predicted molar refractivity (Wildman–Crippen MR) is 153 cm³/mol. The Balaban J connectivity index is 1.36. The van der Waals surface area contributed by atoms with Crippen molar-refractivity contribution in [2.75, 3.05) is 26.2 Å². The van der Waals surface area contributed by atoms with Gasteiger partial charge in [0.15, 0.2) is 5.82 Å². The molecule has 14 heteroatoms. The van der Waals surface area contributed by atoms with Crippen LogP contribution in [0.5, 0.6) is 0 Å². The third-order valence-corrected chi connectivity index (χ3v) is 9.02. The SMILES string of the molecule is CCn1nccc1C(=O)NC(c1nc2c(F)c(C3=C(C(=O)N4CC(F)(F)C4)CN(C(=O)O)C3)ccc2[nH]1)C1CCC(C)CC1. The van der Waals surface area contributed by atoms with E-state index in [2.05, 4.69) is 27.3 Å². The fourth-order valence-electron chi connectivity index (χ4n) is 6.52. The van der Waals surface area contributed by atoms with E-state index in [1.807, 2.05) is 6.92 Å². The molecule has 3 N–H and O–H groups in total. The average molecular weight is 614 g/mol. The number of alkyl halides is 2. The summed E-state index contributed by atoms with van der Waals surface area (Å²) in [5, 5.41) is 16.9. The Hall–Kier alpha value is -4.36. The molecule has 1 aliphatic carbocycles. The third kappa shape index (κ3) is 5.41. The Labute approximate surface area is 251 Å². The van der Waals surface area contributed by atoms with Gasteiger partial charge in [0.25, 0.3) is 17.7 Å². The fourth-order valence-corrected chi connectivity index (χ4v) is 6.52. The molecule has 1 atom stereocenters. The summed E-state index contributed by atoms with van der Waals surface area (Å²) in [6.45, 7) is 2.44. The number of carbonyl (C=O) groups is 3. The molecule has 2 aliphatic heterocycles. The summed E-state index contributed by atoms with van der Waals surface area (Å²) in [5.74, 6) is -3.83. The van der Waals surface area contributed by atoms with E-state index in [0.717, 1.165) is 35.5 Å². The van der Waals surface area contributed by atoms with Crippen molar-refractivity contribution in [3.8, 4) is 0 Å². The molecule has 234 valence electrons. The molecular formula is C30H34F3N7O4. The van der Waals surface area contributed by atoms with Gasteiger partial charge in [-0.05, 0) is 55.4 Å². The van der Waals surface area contributed by atoms with Gasteiger partial charge in [-0.15, -0.1) is 0 Å². The average Bonchev–Trinajstić information content (AvgIpc) is 3.73. The van der Waals surface area contributed by atoms with Gasteiger partial charge in [0, 0.05) is 23.9 Å². The number of hydrogen-bond donors (Lipinski definition) is 3. The largest absolute Gasteiger partial charge is 0.465 e. The molecule has 1 unspecified atom stereocenters. The van der Waals surface area contributed by atoms with Crippen LogP contribution in [0.1, 0.15) is 67.4 Å². The van der Waals surface area contributed by atoms with Crippen LogP contribution >= 0.6 is 0 Å². The van der Waals surface area contributed by atoms with Crippen molar-refractivity contribution < 1.29 is 32.7 Å². The Morgan fingerprint density at radius 2 is 1.84 bits per heavy atom. The van der Waals surface area contributed by atoms with E-state index in [-0.39, 0.29) is 47.1 Å². The number of carboxylic acid groups (broad SMARTS) is 1. The molecule has 3 amide bonds. The summed E-state index contributed by atoms with van der Waals surface area (Å²) in [4.78, 5) is 47.9. The number of aromatic nitrogens is 4. The second kappa shape index (κ2) is 11.3. The summed E-state index contributed by atoms with van der Waals surface area (Å²) in [7, 11) is 0. The number of imidazole rings is 1. The van der Waals surface area contributed by atoms with Gasteiger partial charge in [-0.25, -0.2) is 22.9 Å². The molecule has 3 aliphatic rings. The van der Waals surface area contributed by atoms with Gasteiger partial charge in [-0.1, -0.05) is 19.8 Å². The lowest BCUT2D eigenvalue weighted by atomic mass is 9.79. The van der Waals surface area contributed by atoms with Gasteiger partial charge in [0.2, 0.25) is 0 Å². The van der Waals surface area contributed by atoms with Crippen LogP contribution in [0.3, 0.4) is 0 Å². The van der Waals surface area contributed by atoms with Crippen LogP contribution in [-0.4, -0.2) is 84.7 Å². The van der Waals surface area contributed by atoms with Crippen LogP contribution < -0.4 is 5.32 Å². The third-order valence-electron chi connectivity index (χ3n) is 9.02. The Bertz CT molecular complexity index is 1650. The van der Waals surface area contributed by atoms with Crippen molar-refractivity contribution in [3.63, 3.8) is 0 Å². The molecule has 2 fully saturated rings. The molecule has 2 aromatic heterocycles. The number of nitrogens with one attached hydrogen (secondary N) is 2. The van der Waals surface area contributed by atoms with Gasteiger partial charge < -0.3 is 20.3 Å². The standard InChI is InChI=1S/C30H34F3N7O4/c1-3-40-22(10-11-34-40)27(41)37-24(17-6-4-16(2)5-7-17)26-35-21-9-8-18(23(31)25(21)36-26)19-12-38(29(43)44)13-20(19)28(42)39-14-30(32,33)15-39/h8-11,16-17,24H,3-7,12-15H2,1-2H3,(H,35,36)(H,37,41)(H,43,44). The monoisotopic (exact) mass is 613 g/mol. The topological polar surface area (TPSA) is 136 Å². The first-order chi connectivity index (χ1) is 21.0. The molecule has 44 heavy (non-hydrogen) atoms. The summed E-state index contributed by atoms with van der Waals surface area (Å²) in [5.41, 5.74) is 0.810.